The van der Waals surface area contributed by atoms with E-state index in [1.54, 1.807) is 29.5 Å². The summed E-state index contributed by atoms with van der Waals surface area (Å²) in [6, 6.07) is 5.08. The predicted octanol–water partition coefficient (Wildman–Crippen LogP) is 4.04. The molecule has 8 heteroatoms. The number of aromatic nitrogens is 2. The number of aryl methyl sites for hydroxylation is 3. The lowest BCUT2D eigenvalue weighted by molar-refractivity contribution is -0.131. The van der Waals surface area contributed by atoms with Gasteiger partial charge in [0, 0.05) is 16.3 Å². The van der Waals surface area contributed by atoms with Gasteiger partial charge in [0.15, 0.2) is 11.5 Å². The van der Waals surface area contributed by atoms with E-state index in [1.807, 2.05) is 6.92 Å². The summed E-state index contributed by atoms with van der Waals surface area (Å²) in [6.07, 6.45) is 0. The second-order valence-corrected chi connectivity index (χ2v) is 7.98. The van der Waals surface area contributed by atoms with Gasteiger partial charge in [0.25, 0.3) is 0 Å². The average Bonchev–Trinajstić information content (AvgIpc) is 3.17. The second-order valence-electron chi connectivity index (χ2n) is 5.82. The lowest BCUT2D eigenvalue weighted by Crippen LogP contribution is -2.11. The number of esters is 1. The van der Waals surface area contributed by atoms with Crippen LogP contribution >= 0.6 is 23.1 Å². The average molecular weight is 388 g/mol. The first-order chi connectivity index (χ1) is 12.5. The lowest BCUT2D eigenvalue weighted by atomic mass is 10.2. The van der Waals surface area contributed by atoms with Crippen LogP contribution in [0.15, 0.2) is 23.2 Å². The van der Waals surface area contributed by atoms with Gasteiger partial charge in [-0.25, -0.2) is 9.97 Å². The molecule has 0 saturated carbocycles. The number of fused-ring (bicyclic) bond motifs is 2. The molecule has 0 atom stereocenters. The van der Waals surface area contributed by atoms with Crippen molar-refractivity contribution in [1.82, 2.24) is 9.97 Å². The molecule has 0 spiro atoms. The molecule has 0 amide bonds. The van der Waals surface area contributed by atoms with Crippen LogP contribution < -0.4 is 14.2 Å². The molecular weight excluding hydrogens is 372 g/mol. The maximum atomic E-state index is 12.2. The van der Waals surface area contributed by atoms with Crippen LogP contribution in [-0.2, 0) is 4.79 Å². The number of hydrogen-bond donors (Lipinski definition) is 0. The van der Waals surface area contributed by atoms with Gasteiger partial charge in [-0.15, -0.1) is 11.3 Å². The van der Waals surface area contributed by atoms with Crippen molar-refractivity contribution >= 4 is 39.3 Å². The van der Waals surface area contributed by atoms with E-state index in [1.165, 1.54) is 16.6 Å². The molecule has 0 fully saturated rings. The fourth-order valence-electron chi connectivity index (χ4n) is 2.65. The highest BCUT2D eigenvalue weighted by atomic mass is 32.2. The third-order valence-electron chi connectivity index (χ3n) is 4.01. The van der Waals surface area contributed by atoms with E-state index in [-0.39, 0.29) is 18.5 Å². The number of ether oxygens (including phenoxy) is 3. The van der Waals surface area contributed by atoms with Crippen LogP contribution in [0.5, 0.6) is 17.2 Å². The number of nitrogens with zero attached hydrogens (tertiary/aromatic N) is 2. The molecule has 3 heterocycles. The first-order valence-corrected chi connectivity index (χ1v) is 9.79. The van der Waals surface area contributed by atoms with Crippen LogP contribution in [0.2, 0.25) is 0 Å². The summed E-state index contributed by atoms with van der Waals surface area (Å²) in [6.45, 7) is 6.17. The summed E-state index contributed by atoms with van der Waals surface area (Å²) >= 11 is 3.02. The third-order valence-corrected chi connectivity index (χ3v) is 6.06. The van der Waals surface area contributed by atoms with Crippen molar-refractivity contribution in [1.29, 1.82) is 0 Å². The zero-order valence-corrected chi connectivity index (χ0v) is 16.1. The zero-order valence-electron chi connectivity index (χ0n) is 14.5. The first kappa shape index (κ1) is 17.1. The van der Waals surface area contributed by atoms with Crippen LogP contribution in [0, 0.1) is 20.8 Å². The van der Waals surface area contributed by atoms with Gasteiger partial charge in [-0.05, 0) is 38.5 Å². The summed E-state index contributed by atoms with van der Waals surface area (Å²) in [4.78, 5) is 23.4. The summed E-state index contributed by atoms with van der Waals surface area (Å²) in [5, 5.41) is 1.84. The predicted molar refractivity (Wildman–Crippen MR) is 101 cm³/mol. The summed E-state index contributed by atoms with van der Waals surface area (Å²) < 4.78 is 15.9. The van der Waals surface area contributed by atoms with Gasteiger partial charge in [0.05, 0.1) is 5.75 Å². The third kappa shape index (κ3) is 3.22. The number of thiophene rings is 1. The van der Waals surface area contributed by atoms with E-state index >= 15 is 0 Å². The Morgan fingerprint density at radius 3 is 2.88 bits per heavy atom. The Labute approximate surface area is 158 Å². The van der Waals surface area contributed by atoms with Crippen LogP contribution in [-0.4, -0.2) is 28.5 Å². The van der Waals surface area contributed by atoms with Crippen molar-refractivity contribution in [3.63, 3.8) is 0 Å². The molecule has 0 saturated heterocycles. The minimum absolute atomic E-state index is 0.161. The highest BCUT2D eigenvalue weighted by molar-refractivity contribution is 8.00. The molecule has 3 aromatic rings. The van der Waals surface area contributed by atoms with Crippen molar-refractivity contribution in [2.45, 2.75) is 25.8 Å². The Bertz CT molecular complexity index is 1020. The monoisotopic (exact) mass is 388 g/mol. The minimum atomic E-state index is -0.345. The quantitative estimate of drug-likeness (QED) is 0.289. The molecule has 1 aliphatic heterocycles. The Balaban J connectivity index is 1.49. The maximum Gasteiger partial charge on any atom is 0.321 e. The van der Waals surface area contributed by atoms with Crippen molar-refractivity contribution in [2.24, 2.45) is 0 Å². The number of carbonyl (C=O) groups is 1. The molecule has 134 valence electrons. The number of rotatable bonds is 4. The van der Waals surface area contributed by atoms with Crippen LogP contribution in [0.25, 0.3) is 10.2 Å². The normalized spacial score (nSPS) is 12.6. The van der Waals surface area contributed by atoms with Crippen LogP contribution in [0.1, 0.15) is 16.3 Å². The molecule has 0 N–H and O–H groups in total. The fraction of sp³-hybridized carbons (Fsp3) is 0.278. The summed E-state index contributed by atoms with van der Waals surface area (Å²) in [7, 11) is 0. The lowest BCUT2D eigenvalue weighted by Gasteiger charge is -2.06. The Kier molecular flexibility index (Phi) is 4.46. The van der Waals surface area contributed by atoms with E-state index in [9.17, 15) is 4.79 Å². The van der Waals surface area contributed by atoms with E-state index in [0.717, 1.165) is 20.8 Å². The van der Waals surface area contributed by atoms with Gasteiger partial charge >= 0.3 is 5.97 Å². The molecule has 2 aromatic heterocycles. The SMILES string of the molecule is Cc1nc(SCC(=O)Oc2ccc3c(c2)OCO3)c2c(C)c(C)sc2n1. The van der Waals surface area contributed by atoms with Gasteiger partial charge in [-0.2, -0.15) is 0 Å². The topological polar surface area (TPSA) is 70.5 Å². The van der Waals surface area contributed by atoms with Crippen molar-refractivity contribution in [3.8, 4) is 17.2 Å². The highest BCUT2D eigenvalue weighted by Gasteiger charge is 2.17. The molecule has 0 radical (unpaired) electrons. The smallest absolute Gasteiger partial charge is 0.321 e. The van der Waals surface area contributed by atoms with E-state index in [4.69, 9.17) is 14.2 Å². The van der Waals surface area contributed by atoms with E-state index < -0.39 is 0 Å². The molecule has 6 nitrogen and oxygen atoms in total. The maximum absolute atomic E-state index is 12.2. The number of benzene rings is 1. The van der Waals surface area contributed by atoms with Gasteiger partial charge in [0.2, 0.25) is 6.79 Å². The molecule has 26 heavy (non-hydrogen) atoms. The van der Waals surface area contributed by atoms with E-state index in [2.05, 4.69) is 23.8 Å². The van der Waals surface area contributed by atoms with Gasteiger partial charge in [-0.3, -0.25) is 4.79 Å². The minimum Gasteiger partial charge on any atom is -0.454 e. The molecule has 0 aliphatic carbocycles. The van der Waals surface area contributed by atoms with Crippen molar-refractivity contribution < 1.29 is 19.0 Å². The number of carbonyl (C=O) groups excluding carboxylic acids is 1. The molecule has 1 aromatic carbocycles. The van der Waals surface area contributed by atoms with Crippen LogP contribution in [0.3, 0.4) is 0 Å². The number of hydrogen-bond acceptors (Lipinski definition) is 8. The first-order valence-electron chi connectivity index (χ1n) is 7.99. The number of thioether (sulfide) groups is 1. The molecule has 0 bridgehead atoms. The Morgan fingerprint density at radius 1 is 1.23 bits per heavy atom. The fourth-order valence-corrected chi connectivity index (χ4v) is 4.69. The van der Waals surface area contributed by atoms with Crippen molar-refractivity contribution in [3.05, 3.63) is 34.5 Å². The Hall–Kier alpha value is -2.32. The summed E-state index contributed by atoms with van der Waals surface area (Å²) in [5.41, 5.74) is 1.16. The molecule has 1 aliphatic rings. The molecule has 4 rings (SSSR count). The highest BCUT2D eigenvalue weighted by Crippen LogP contribution is 2.36. The van der Waals surface area contributed by atoms with Crippen LogP contribution in [0.4, 0.5) is 0 Å². The zero-order chi connectivity index (χ0) is 18.3. The second kappa shape index (κ2) is 6.77. The van der Waals surface area contributed by atoms with Crippen molar-refractivity contribution in [2.75, 3.05) is 12.5 Å². The molecule has 0 unspecified atom stereocenters. The van der Waals surface area contributed by atoms with Gasteiger partial charge in [0.1, 0.15) is 21.4 Å². The standard InChI is InChI=1S/C18H16N2O4S2/c1-9-10(2)26-18-16(9)17(19-11(3)20-18)25-7-15(21)24-12-4-5-13-14(6-12)23-8-22-13/h4-6H,7-8H2,1-3H3. The van der Waals surface area contributed by atoms with E-state index in [0.29, 0.717) is 23.1 Å². The molecular formula is C18H16N2O4S2. The van der Waals surface area contributed by atoms with Gasteiger partial charge < -0.3 is 14.2 Å². The summed E-state index contributed by atoms with van der Waals surface area (Å²) in [5.74, 6) is 2.19. The Morgan fingerprint density at radius 2 is 2.04 bits per heavy atom. The largest absolute Gasteiger partial charge is 0.454 e. The van der Waals surface area contributed by atoms with Gasteiger partial charge in [-0.1, -0.05) is 11.8 Å².